The summed E-state index contributed by atoms with van der Waals surface area (Å²) < 4.78 is 4.62. The maximum absolute atomic E-state index is 11.3. The monoisotopic (exact) mass is 241 g/mol. The Labute approximate surface area is 104 Å². The van der Waals surface area contributed by atoms with Gasteiger partial charge in [-0.25, -0.2) is 4.79 Å². The summed E-state index contributed by atoms with van der Waals surface area (Å²) in [7, 11) is 1.34. The molecule has 4 heteroatoms. The molecular formula is C14H11NO3. The number of aldehydes is 1. The van der Waals surface area contributed by atoms with E-state index in [1.165, 1.54) is 13.3 Å². The number of aromatic nitrogens is 1. The molecule has 0 aliphatic heterocycles. The van der Waals surface area contributed by atoms with E-state index < -0.39 is 0 Å². The van der Waals surface area contributed by atoms with Crippen molar-refractivity contribution in [2.75, 3.05) is 7.11 Å². The van der Waals surface area contributed by atoms with E-state index in [0.29, 0.717) is 11.1 Å². The van der Waals surface area contributed by atoms with Crippen LogP contribution in [-0.2, 0) is 4.74 Å². The Bertz CT molecular complexity index is 559. The van der Waals surface area contributed by atoms with Gasteiger partial charge in [0.2, 0.25) is 0 Å². The maximum Gasteiger partial charge on any atom is 0.337 e. The molecule has 0 amide bonds. The first-order valence-corrected chi connectivity index (χ1v) is 5.34. The average Bonchev–Trinajstić information content (AvgIpc) is 2.47. The Morgan fingerprint density at radius 1 is 1.17 bits per heavy atom. The smallest absolute Gasteiger partial charge is 0.337 e. The minimum Gasteiger partial charge on any atom is -0.465 e. The third kappa shape index (κ3) is 2.43. The third-order valence-corrected chi connectivity index (χ3v) is 2.52. The second-order valence-corrected chi connectivity index (χ2v) is 3.66. The number of methoxy groups -OCH3 is 1. The summed E-state index contributed by atoms with van der Waals surface area (Å²) in [6, 6.07) is 10.4. The highest BCUT2D eigenvalue weighted by molar-refractivity contribution is 5.89. The number of benzene rings is 1. The largest absolute Gasteiger partial charge is 0.465 e. The number of nitrogens with zero attached hydrogens (tertiary/aromatic N) is 1. The van der Waals surface area contributed by atoms with Crippen molar-refractivity contribution in [2.24, 2.45) is 0 Å². The number of carbonyl (C=O) groups is 2. The van der Waals surface area contributed by atoms with Crippen LogP contribution in [0.25, 0.3) is 11.3 Å². The molecule has 0 saturated carbocycles. The van der Waals surface area contributed by atoms with Gasteiger partial charge in [-0.2, -0.15) is 0 Å². The quantitative estimate of drug-likeness (QED) is 0.611. The van der Waals surface area contributed by atoms with Crippen molar-refractivity contribution in [1.29, 1.82) is 0 Å². The zero-order valence-corrected chi connectivity index (χ0v) is 9.79. The van der Waals surface area contributed by atoms with Crippen molar-refractivity contribution in [3.05, 3.63) is 53.7 Å². The fraction of sp³-hybridized carbons (Fsp3) is 0.0714. The van der Waals surface area contributed by atoms with Crippen LogP contribution in [0.15, 0.2) is 42.6 Å². The molecule has 1 aromatic carbocycles. The van der Waals surface area contributed by atoms with Crippen LogP contribution in [0.2, 0.25) is 0 Å². The highest BCUT2D eigenvalue weighted by atomic mass is 16.5. The van der Waals surface area contributed by atoms with Crippen molar-refractivity contribution in [1.82, 2.24) is 4.98 Å². The van der Waals surface area contributed by atoms with Gasteiger partial charge in [0.05, 0.1) is 18.4 Å². The third-order valence-electron chi connectivity index (χ3n) is 2.52. The van der Waals surface area contributed by atoms with Gasteiger partial charge in [0.1, 0.15) is 0 Å². The summed E-state index contributed by atoms with van der Waals surface area (Å²) in [4.78, 5) is 26.0. The molecule has 90 valence electrons. The number of ether oxygens (including phenoxy) is 1. The molecule has 4 nitrogen and oxygen atoms in total. The number of rotatable bonds is 3. The Morgan fingerprint density at radius 3 is 2.39 bits per heavy atom. The van der Waals surface area contributed by atoms with E-state index in [0.717, 1.165) is 17.5 Å². The van der Waals surface area contributed by atoms with Gasteiger partial charge < -0.3 is 4.74 Å². The Balaban J connectivity index is 2.28. The number of hydrogen-bond acceptors (Lipinski definition) is 4. The summed E-state index contributed by atoms with van der Waals surface area (Å²) in [5, 5.41) is 0. The van der Waals surface area contributed by atoms with Gasteiger partial charge in [-0.1, -0.05) is 12.1 Å². The van der Waals surface area contributed by atoms with Gasteiger partial charge in [0.15, 0.2) is 6.29 Å². The van der Waals surface area contributed by atoms with Crippen LogP contribution < -0.4 is 0 Å². The second kappa shape index (κ2) is 5.23. The molecule has 0 spiro atoms. The Morgan fingerprint density at radius 2 is 1.89 bits per heavy atom. The fourth-order valence-corrected chi connectivity index (χ4v) is 1.54. The Hall–Kier alpha value is -2.49. The first-order valence-electron chi connectivity index (χ1n) is 5.34. The minimum atomic E-state index is -0.370. The highest BCUT2D eigenvalue weighted by Gasteiger charge is 2.05. The van der Waals surface area contributed by atoms with Gasteiger partial charge in [-0.05, 0) is 24.3 Å². The van der Waals surface area contributed by atoms with Crippen molar-refractivity contribution in [2.45, 2.75) is 0 Å². The van der Waals surface area contributed by atoms with E-state index in [9.17, 15) is 9.59 Å². The molecule has 0 aliphatic rings. The number of carbonyl (C=O) groups excluding carboxylic acids is 2. The molecule has 0 radical (unpaired) electrons. The van der Waals surface area contributed by atoms with E-state index in [1.54, 1.807) is 36.4 Å². The molecule has 2 rings (SSSR count). The summed E-state index contributed by atoms with van der Waals surface area (Å²) in [6.45, 7) is 0. The van der Waals surface area contributed by atoms with Crippen molar-refractivity contribution >= 4 is 12.3 Å². The standard InChI is InChI=1S/C14H11NO3/c1-18-14(17)12-5-3-11(4-6-12)13-7-2-10(9-16)8-15-13/h2-9H,1H3. The van der Waals surface area contributed by atoms with Crippen LogP contribution in [0.3, 0.4) is 0 Å². The van der Waals surface area contributed by atoms with E-state index in [4.69, 9.17) is 0 Å². The summed E-state index contributed by atoms with van der Waals surface area (Å²) >= 11 is 0. The van der Waals surface area contributed by atoms with Gasteiger partial charge in [0.25, 0.3) is 0 Å². The summed E-state index contributed by atoms with van der Waals surface area (Å²) in [6.07, 6.45) is 2.26. The molecule has 0 saturated heterocycles. The number of hydrogen-bond donors (Lipinski definition) is 0. The second-order valence-electron chi connectivity index (χ2n) is 3.66. The lowest BCUT2D eigenvalue weighted by molar-refractivity contribution is 0.0600. The lowest BCUT2D eigenvalue weighted by atomic mass is 10.1. The van der Waals surface area contributed by atoms with Crippen LogP contribution in [-0.4, -0.2) is 24.3 Å². The van der Waals surface area contributed by atoms with Crippen LogP contribution in [0.5, 0.6) is 0 Å². The maximum atomic E-state index is 11.3. The topological polar surface area (TPSA) is 56.3 Å². The van der Waals surface area contributed by atoms with Crippen LogP contribution >= 0.6 is 0 Å². The predicted octanol–water partition coefficient (Wildman–Crippen LogP) is 2.35. The normalized spacial score (nSPS) is 9.83. The van der Waals surface area contributed by atoms with E-state index in [1.807, 2.05) is 0 Å². The van der Waals surface area contributed by atoms with E-state index in [2.05, 4.69) is 9.72 Å². The molecule has 1 heterocycles. The molecule has 18 heavy (non-hydrogen) atoms. The van der Waals surface area contributed by atoms with E-state index >= 15 is 0 Å². The fourth-order valence-electron chi connectivity index (χ4n) is 1.54. The molecule has 0 aliphatic carbocycles. The molecule has 0 unspecified atom stereocenters. The molecule has 1 aromatic heterocycles. The predicted molar refractivity (Wildman–Crippen MR) is 66.4 cm³/mol. The number of pyridine rings is 1. The zero-order chi connectivity index (χ0) is 13.0. The molecule has 0 fully saturated rings. The SMILES string of the molecule is COC(=O)c1ccc(-c2ccc(C=O)cn2)cc1. The zero-order valence-electron chi connectivity index (χ0n) is 9.79. The van der Waals surface area contributed by atoms with Crippen LogP contribution in [0, 0.1) is 0 Å². The minimum absolute atomic E-state index is 0.370. The first-order chi connectivity index (χ1) is 8.74. The van der Waals surface area contributed by atoms with Crippen LogP contribution in [0.4, 0.5) is 0 Å². The van der Waals surface area contributed by atoms with Gasteiger partial charge in [0, 0.05) is 17.3 Å². The molecule has 0 N–H and O–H groups in total. The van der Waals surface area contributed by atoms with Gasteiger partial charge in [-0.15, -0.1) is 0 Å². The molecular weight excluding hydrogens is 230 g/mol. The Kier molecular flexibility index (Phi) is 3.48. The van der Waals surface area contributed by atoms with Gasteiger partial charge >= 0.3 is 5.97 Å². The summed E-state index contributed by atoms with van der Waals surface area (Å²) in [5.41, 5.74) is 2.65. The average molecular weight is 241 g/mol. The summed E-state index contributed by atoms with van der Waals surface area (Å²) in [5.74, 6) is -0.370. The van der Waals surface area contributed by atoms with Crippen molar-refractivity contribution in [3.63, 3.8) is 0 Å². The van der Waals surface area contributed by atoms with Crippen molar-refractivity contribution < 1.29 is 14.3 Å². The van der Waals surface area contributed by atoms with E-state index in [-0.39, 0.29) is 5.97 Å². The first kappa shape index (κ1) is 12.0. The lowest BCUT2D eigenvalue weighted by Gasteiger charge is -2.02. The number of esters is 1. The van der Waals surface area contributed by atoms with Gasteiger partial charge in [-0.3, -0.25) is 9.78 Å². The van der Waals surface area contributed by atoms with Crippen molar-refractivity contribution in [3.8, 4) is 11.3 Å². The van der Waals surface area contributed by atoms with Crippen LogP contribution in [0.1, 0.15) is 20.7 Å². The highest BCUT2D eigenvalue weighted by Crippen LogP contribution is 2.17. The molecule has 0 atom stereocenters. The lowest BCUT2D eigenvalue weighted by Crippen LogP contribution is -2.00. The molecule has 0 bridgehead atoms. The molecule has 2 aromatic rings.